The number of nitrogens with zero attached hydrogens (tertiary/aromatic N) is 3. The Kier molecular flexibility index (Phi) is 3.43. The van der Waals surface area contributed by atoms with E-state index in [0.717, 1.165) is 0 Å². The molecule has 96 valence electrons. The first-order valence-corrected chi connectivity index (χ1v) is 5.33. The van der Waals surface area contributed by atoms with Crippen molar-refractivity contribution in [3.63, 3.8) is 0 Å². The lowest BCUT2D eigenvalue weighted by Crippen LogP contribution is -1.98. The van der Waals surface area contributed by atoms with Gasteiger partial charge in [-0.3, -0.25) is 10.1 Å². The number of nitriles is 1. The Morgan fingerprint density at radius 1 is 1.53 bits per heavy atom. The maximum absolute atomic E-state index is 10.9. The number of benzene rings is 1. The van der Waals surface area contributed by atoms with Crippen LogP contribution in [0.3, 0.4) is 0 Å². The molecular weight excluding hydrogens is 250 g/mol. The summed E-state index contributed by atoms with van der Waals surface area (Å²) in [6, 6.07) is 7.52. The highest BCUT2D eigenvalue weighted by molar-refractivity contribution is 5.51. The molecule has 0 bridgehead atoms. The molecule has 2 aromatic rings. The van der Waals surface area contributed by atoms with Crippen LogP contribution in [-0.2, 0) is 6.61 Å². The van der Waals surface area contributed by atoms with Crippen LogP contribution in [0.2, 0.25) is 0 Å². The van der Waals surface area contributed by atoms with E-state index in [1.807, 2.05) is 6.07 Å². The Bertz CT molecular complexity index is 657. The van der Waals surface area contributed by atoms with E-state index < -0.39 is 4.92 Å². The fourth-order valence-corrected chi connectivity index (χ4v) is 1.48. The molecule has 7 heteroatoms. The van der Waals surface area contributed by atoms with Crippen LogP contribution in [0.25, 0.3) is 0 Å². The molecule has 0 amide bonds. The van der Waals surface area contributed by atoms with E-state index in [4.69, 9.17) is 14.5 Å². The van der Waals surface area contributed by atoms with Crippen LogP contribution in [0.4, 0.5) is 5.69 Å². The van der Waals surface area contributed by atoms with Crippen molar-refractivity contribution >= 4 is 5.69 Å². The third-order valence-electron chi connectivity index (χ3n) is 2.33. The molecule has 0 saturated carbocycles. The minimum Gasteiger partial charge on any atom is -0.479 e. The maximum atomic E-state index is 10.9. The number of hydrogen-bond donors (Lipinski definition) is 0. The molecule has 1 aromatic carbocycles. The standard InChI is InChI=1S/C12H9N3O4/c1-8-4-10(19-14-8)7-18-12-3-2-9(6-13)5-11(12)15(16)17/h2-5H,7H2,1H3. The Hall–Kier alpha value is -2.88. The lowest BCUT2D eigenvalue weighted by atomic mass is 10.2. The average Bonchev–Trinajstić information content (AvgIpc) is 2.82. The zero-order valence-corrected chi connectivity index (χ0v) is 9.99. The predicted molar refractivity (Wildman–Crippen MR) is 63.4 cm³/mol. The number of ether oxygens (including phenoxy) is 1. The van der Waals surface area contributed by atoms with Crippen molar-refractivity contribution in [3.8, 4) is 11.8 Å². The summed E-state index contributed by atoms with van der Waals surface area (Å²) < 4.78 is 10.2. The third-order valence-corrected chi connectivity index (χ3v) is 2.33. The minimum absolute atomic E-state index is 0.0353. The summed E-state index contributed by atoms with van der Waals surface area (Å²) in [6.45, 7) is 1.80. The Morgan fingerprint density at radius 2 is 2.32 bits per heavy atom. The van der Waals surface area contributed by atoms with Crippen LogP contribution in [0.5, 0.6) is 5.75 Å². The first-order chi connectivity index (χ1) is 9.10. The van der Waals surface area contributed by atoms with Gasteiger partial charge in [0.1, 0.15) is 6.61 Å². The summed E-state index contributed by atoms with van der Waals surface area (Å²) in [6.07, 6.45) is 0. The monoisotopic (exact) mass is 259 g/mol. The summed E-state index contributed by atoms with van der Waals surface area (Å²) in [7, 11) is 0. The van der Waals surface area contributed by atoms with Crippen molar-refractivity contribution in [2.75, 3.05) is 0 Å². The van der Waals surface area contributed by atoms with Gasteiger partial charge < -0.3 is 9.26 Å². The second-order valence-corrected chi connectivity index (χ2v) is 3.77. The summed E-state index contributed by atoms with van der Waals surface area (Å²) in [5.41, 5.74) is 0.651. The third kappa shape index (κ3) is 2.87. The largest absolute Gasteiger partial charge is 0.479 e. The van der Waals surface area contributed by atoms with Crippen molar-refractivity contribution in [2.24, 2.45) is 0 Å². The van der Waals surface area contributed by atoms with Gasteiger partial charge in [0, 0.05) is 12.1 Å². The SMILES string of the molecule is Cc1cc(COc2ccc(C#N)cc2[N+](=O)[O-])on1. The molecule has 0 aliphatic rings. The lowest BCUT2D eigenvalue weighted by molar-refractivity contribution is -0.386. The van der Waals surface area contributed by atoms with Crippen molar-refractivity contribution in [2.45, 2.75) is 13.5 Å². The minimum atomic E-state index is -0.595. The smallest absolute Gasteiger partial charge is 0.312 e. The number of aryl methyl sites for hydroxylation is 1. The zero-order chi connectivity index (χ0) is 13.8. The van der Waals surface area contributed by atoms with Gasteiger partial charge in [0.25, 0.3) is 0 Å². The van der Waals surface area contributed by atoms with Gasteiger partial charge in [-0.1, -0.05) is 5.16 Å². The van der Waals surface area contributed by atoms with Gasteiger partial charge in [0.2, 0.25) is 0 Å². The van der Waals surface area contributed by atoms with E-state index in [0.29, 0.717) is 11.5 Å². The summed E-state index contributed by atoms with van der Waals surface area (Å²) in [5, 5.41) is 23.3. The van der Waals surface area contributed by atoms with Crippen LogP contribution in [0, 0.1) is 28.4 Å². The molecule has 1 aromatic heterocycles. The first-order valence-electron chi connectivity index (χ1n) is 5.33. The molecule has 2 rings (SSSR count). The molecule has 0 atom stereocenters. The molecule has 0 N–H and O–H groups in total. The second-order valence-electron chi connectivity index (χ2n) is 3.77. The molecule has 0 aliphatic carbocycles. The van der Waals surface area contributed by atoms with Crippen molar-refractivity contribution in [1.29, 1.82) is 5.26 Å². The second kappa shape index (κ2) is 5.18. The van der Waals surface area contributed by atoms with E-state index in [9.17, 15) is 10.1 Å². The Labute approximate surface area is 108 Å². The maximum Gasteiger partial charge on any atom is 0.312 e. The van der Waals surface area contributed by atoms with Gasteiger partial charge in [-0.2, -0.15) is 5.26 Å². The molecule has 1 heterocycles. The molecule has 0 aliphatic heterocycles. The lowest BCUT2D eigenvalue weighted by Gasteiger charge is -2.04. The van der Waals surface area contributed by atoms with Crippen molar-refractivity contribution in [1.82, 2.24) is 5.16 Å². The normalized spacial score (nSPS) is 9.89. The van der Waals surface area contributed by atoms with Gasteiger partial charge >= 0.3 is 5.69 Å². The zero-order valence-electron chi connectivity index (χ0n) is 9.99. The highest BCUT2D eigenvalue weighted by Gasteiger charge is 2.16. The summed E-state index contributed by atoms with van der Waals surface area (Å²) in [5.74, 6) is 0.550. The van der Waals surface area contributed by atoms with Crippen LogP contribution < -0.4 is 4.74 Å². The first kappa shape index (κ1) is 12.6. The number of aromatic nitrogens is 1. The van der Waals surface area contributed by atoms with Gasteiger partial charge in [-0.05, 0) is 19.1 Å². The molecule has 0 saturated heterocycles. The van der Waals surface area contributed by atoms with Gasteiger partial charge in [0.05, 0.1) is 22.2 Å². The van der Waals surface area contributed by atoms with Crippen LogP contribution in [0.1, 0.15) is 17.0 Å². The molecule has 0 spiro atoms. The van der Waals surface area contributed by atoms with E-state index in [-0.39, 0.29) is 23.6 Å². The van der Waals surface area contributed by atoms with E-state index >= 15 is 0 Å². The van der Waals surface area contributed by atoms with Crippen LogP contribution in [-0.4, -0.2) is 10.1 Å². The molecule has 19 heavy (non-hydrogen) atoms. The van der Waals surface area contributed by atoms with E-state index in [2.05, 4.69) is 5.16 Å². The van der Waals surface area contributed by atoms with E-state index in [1.165, 1.54) is 18.2 Å². The molecule has 0 unspecified atom stereocenters. The molecule has 0 radical (unpaired) electrons. The predicted octanol–water partition coefficient (Wildman–Crippen LogP) is 2.34. The van der Waals surface area contributed by atoms with Gasteiger partial charge in [-0.25, -0.2) is 0 Å². The number of nitro groups is 1. The Balaban J connectivity index is 2.20. The highest BCUT2D eigenvalue weighted by Crippen LogP contribution is 2.28. The fourth-order valence-electron chi connectivity index (χ4n) is 1.48. The van der Waals surface area contributed by atoms with Crippen LogP contribution >= 0.6 is 0 Å². The molecular formula is C12H9N3O4. The topological polar surface area (TPSA) is 102 Å². The summed E-state index contributed by atoms with van der Waals surface area (Å²) >= 11 is 0. The molecule has 0 fully saturated rings. The quantitative estimate of drug-likeness (QED) is 0.616. The van der Waals surface area contributed by atoms with Crippen LogP contribution in [0.15, 0.2) is 28.8 Å². The number of nitro benzene ring substituents is 1. The average molecular weight is 259 g/mol. The van der Waals surface area contributed by atoms with Crippen molar-refractivity contribution < 1.29 is 14.2 Å². The van der Waals surface area contributed by atoms with Gasteiger partial charge in [-0.15, -0.1) is 0 Å². The molecule has 7 nitrogen and oxygen atoms in total. The highest BCUT2D eigenvalue weighted by atomic mass is 16.6. The number of hydrogen-bond acceptors (Lipinski definition) is 6. The van der Waals surface area contributed by atoms with Crippen molar-refractivity contribution in [3.05, 3.63) is 51.4 Å². The van der Waals surface area contributed by atoms with E-state index in [1.54, 1.807) is 13.0 Å². The fraction of sp³-hybridized carbons (Fsp3) is 0.167. The summed E-state index contributed by atoms with van der Waals surface area (Å²) in [4.78, 5) is 10.3. The number of rotatable bonds is 4. The Morgan fingerprint density at radius 3 is 2.89 bits per heavy atom. The van der Waals surface area contributed by atoms with Gasteiger partial charge in [0.15, 0.2) is 11.5 Å².